The van der Waals surface area contributed by atoms with Crippen molar-refractivity contribution in [3.8, 4) is 11.5 Å². The van der Waals surface area contributed by atoms with Crippen LogP contribution < -0.4 is 9.47 Å². The van der Waals surface area contributed by atoms with Crippen LogP contribution in [0.25, 0.3) is 0 Å². The van der Waals surface area contributed by atoms with Gasteiger partial charge in [0.1, 0.15) is 6.61 Å². The van der Waals surface area contributed by atoms with Crippen LogP contribution >= 0.6 is 0 Å². The number of nitrogens with zero attached hydrogens (tertiary/aromatic N) is 1. The average molecular weight is 221 g/mol. The predicted molar refractivity (Wildman–Crippen MR) is 64.2 cm³/mol. The summed E-state index contributed by atoms with van der Waals surface area (Å²) in [5, 5.41) is 0. The van der Waals surface area contributed by atoms with Crippen LogP contribution in [-0.2, 0) is 0 Å². The van der Waals surface area contributed by atoms with Crippen molar-refractivity contribution in [3.63, 3.8) is 0 Å². The third kappa shape index (κ3) is 2.89. The second-order valence-electron chi connectivity index (χ2n) is 4.05. The van der Waals surface area contributed by atoms with Gasteiger partial charge in [-0.3, -0.25) is 4.90 Å². The maximum Gasteiger partial charge on any atom is 0.161 e. The fourth-order valence-corrected chi connectivity index (χ4v) is 2.03. The fraction of sp³-hybridized carbons (Fsp3) is 0.538. The van der Waals surface area contributed by atoms with E-state index in [9.17, 15) is 0 Å². The molecule has 0 bridgehead atoms. The van der Waals surface area contributed by atoms with Crippen LogP contribution in [0.15, 0.2) is 24.3 Å². The lowest BCUT2D eigenvalue weighted by molar-refractivity contribution is 0.230. The Morgan fingerprint density at radius 2 is 1.81 bits per heavy atom. The van der Waals surface area contributed by atoms with Crippen molar-refractivity contribution >= 4 is 0 Å². The zero-order valence-corrected chi connectivity index (χ0v) is 9.82. The molecule has 0 spiro atoms. The Bertz CT molecular complexity index is 321. The summed E-state index contributed by atoms with van der Waals surface area (Å²) in [5.41, 5.74) is 0. The van der Waals surface area contributed by atoms with Gasteiger partial charge in [0, 0.05) is 6.54 Å². The van der Waals surface area contributed by atoms with Crippen LogP contribution in [-0.4, -0.2) is 38.3 Å². The molecular weight excluding hydrogens is 202 g/mol. The molecule has 0 N–H and O–H groups in total. The van der Waals surface area contributed by atoms with Crippen molar-refractivity contribution in [2.75, 3.05) is 33.4 Å². The first-order valence-corrected chi connectivity index (χ1v) is 5.88. The molecule has 1 aromatic carbocycles. The predicted octanol–water partition coefficient (Wildman–Crippen LogP) is 2.17. The first kappa shape index (κ1) is 11.3. The maximum absolute atomic E-state index is 5.72. The van der Waals surface area contributed by atoms with Gasteiger partial charge < -0.3 is 9.47 Å². The molecule has 16 heavy (non-hydrogen) atoms. The van der Waals surface area contributed by atoms with E-state index in [1.165, 1.54) is 25.9 Å². The zero-order valence-electron chi connectivity index (χ0n) is 9.82. The highest BCUT2D eigenvalue weighted by molar-refractivity contribution is 5.39. The number of methoxy groups -OCH3 is 1. The normalized spacial score (nSPS) is 16.3. The summed E-state index contributed by atoms with van der Waals surface area (Å²) in [7, 11) is 1.67. The van der Waals surface area contributed by atoms with Gasteiger partial charge in [-0.15, -0.1) is 0 Å². The lowest BCUT2D eigenvalue weighted by atomic mass is 10.3. The number of rotatable bonds is 5. The van der Waals surface area contributed by atoms with E-state index in [1.807, 2.05) is 24.3 Å². The van der Waals surface area contributed by atoms with Crippen LogP contribution in [0, 0.1) is 0 Å². The van der Waals surface area contributed by atoms with Crippen LogP contribution in [0.2, 0.25) is 0 Å². The van der Waals surface area contributed by atoms with Crippen LogP contribution in [0.4, 0.5) is 0 Å². The first-order chi connectivity index (χ1) is 7.90. The SMILES string of the molecule is COc1ccccc1OCCN1CCCC1. The van der Waals surface area contributed by atoms with Gasteiger partial charge >= 0.3 is 0 Å². The molecule has 0 unspecified atom stereocenters. The number of para-hydroxylation sites is 2. The van der Waals surface area contributed by atoms with E-state index in [1.54, 1.807) is 7.11 Å². The summed E-state index contributed by atoms with van der Waals surface area (Å²) in [5.74, 6) is 1.65. The van der Waals surface area contributed by atoms with Gasteiger partial charge in [0.15, 0.2) is 11.5 Å². The average Bonchev–Trinajstić information content (AvgIpc) is 2.83. The minimum absolute atomic E-state index is 0.736. The summed E-state index contributed by atoms with van der Waals surface area (Å²) < 4.78 is 11.0. The van der Waals surface area contributed by atoms with E-state index in [4.69, 9.17) is 9.47 Å². The molecule has 1 aliphatic heterocycles. The molecule has 3 heteroatoms. The molecule has 0 aliphatic carbocycles. The van der Waals surface area contributed by atoms with E-state index in [2.05, 4.69) is 4.90 Å². The van der Waals surface area contributed by atoms with Crippen LogP contribution in [0.3, 0.4) is 0 Å². The van der Waals surface area contributed by atoms with E-state index in [-0.39, 0.29) is 0 Å². The van der Waals surface area contributed by atoms with Gasteiger partial charge in [0.2, 0.25) is 0 Å². The summed E-state index contributed by atoms with van der Waals surface area (Å²) in [4.78, 5) is 2.44. The Hall–Kier alpha value is -1.22. The lowest BCUT2D eigenvalue weighted by Gasteiger charge is -2.15. The standard InChI is InChI=1S/C13H19NO2/c1-15-12-6-2-3-7-13(12)16-11-10-14-8-4-5-9-14/h2-3,6-7H,4-5,8-11H2,1H3. The highest BCUT2D eigenvalue weighted by Gasteiger charge is 2.11. The molecule has 1 heterocycles. The maximum atomic E-state index is 5.72. The fourth-order valence-electron chi connectivity index (χ4n) is 2.03. The lowest BCUT2D eigenvalue weighted by Crippen LogP contribution is -2.25. The Labute approximate surface area is 97.0 Å². The Kier molecular flexibility index (Phi) is 4.05. The Balaban J connectivity index is 1.79. The number of benzene rings is 1. The van der Waals surface area contributed by atoms with Gasteiger partial charge in [-0.2, -0.15) is 0 Å². The zero-order chi connectivity index (χ0) is 11.2. The summed E-state index contributed by atoms with van der Waals surface area (Å²) >= 11 is 0. The quantitative estimate of drug-likeness (QED) is 0.760. The molecular formula is C13H19NO2. The Morgan fingerprint density at radius 3 is 2.50 bits per heavy atom. The number of hydrogen-bond donors (Lipinski definition) is 0. The van der Waals surface area contributed by atoms with Crippen molar-refractivity contribution in [1.29, 1.82) is 0 Å². The number of hydrogen-bond acceptors (Lipinski definition) is 3. The summed E-state index contributed by atoms with van der Waals surface area (Å²) in [6.07, 6.45) is 2.66. The van der Waals surface area contributed by atoms with Gasteiger partial charge in [-0.1, -0.05) is 12.1 Å². The second kappa shape index (κ2) is 5.75. The van der Waals surface area contributed by atoms with Gasteiger partial charge in [0.05, 0.1) is 7.11 Å². The van der Waals surface area contributed by atoms with Crippen molar-refractivity contribution in [2.45, 2.75) is 12.8 Å². The molecule has 0 aromatic heterocycles. The highest BCUT2D eigenvalue weighted by Crippen LogP contribution is 2.25. The second-order valence-corrected chi connectivity index (χ2v) is 4.05. The molecule has 1 saturated heterocycles. The molecule has 1 aromatic rings. The minimum atomic E-state index is 0.736. The third-order valence-corrected chi connectivity index (χ3v) is 2.93. The van der Waals surface area contributed by atoms with E-state index in [0.717, 1.165) is 24.7 Å². The first-order valence-electron chi connectivity index (χ1n) is 5.88. The van der Waals surface area contributed by atoms with Gasteiger partial charge in [0.25, 0.3) is 0 Å². The number of ether oxygens (including phenoxy) is 2. The van der Waals surface area contributed by atoms with Crippen molar-refractivity contribution < 1.29 is 9.47 Å². The van der Waals surface area contributed by atoms with Gasteiger partial charge in [-0.05, 0) is 38.1 Å². The largest absolute Gasteiger partial charge is 0.493 e. The van der Waals surface area contributed by atoms with E-state index >= 15 is 0 Å². The van der Waals surface area contributed by atoms with E-state index in [0.29, 0.717) is 0 Å². The molecule has 0 saturated carbocycles. The minimum Gasteiger partial charge on any atom is -0.493 e. The molecule has 3 nitrogen and oxygen atoms in total. The van der Waals surface area contributed by atoms with Crippen LogP contribution in [0.1, 0.15) is 12.8 Å². The molecule has 1 fully saturated rings. The monoisotopic (exact) mass is 221 g/mol. The summed E-state index contributed by atoms with van der Waals surface area (Å²) in [6.45, 7) is 4.18. The Morgan fingerprint density at radius 1 is 1.12 bits per heavy atom. The number of likely N-dealkylation sites (tertiary alicyclic amines) is 1. The molecule has 0 amide bonds. The van der Waals surface area contributed by atoms with Crippen molar-refractivity contribution in [3.05, 3.63) is 24.3 Å². The van der Waals surface area contributed by atoms with E-state index < -0.39 is 0 Å². The van der Waals surface area contributed by atoms with Gasteiger partial charge in [-0.25, -0.2) is 0 Å². The molecule has 0 atom stereocenters. The molecule has 2 rings (SSSR count). The third-order valence-electron chi connectivity index (χ3n) is 2.93. The summed E-state index contributed by atoms with van der Waals surface area (Å²) in [6, 6.07) is 7.79. The van der Waals surface area contributed by atoms with Crippen molar-refractivity contribution in [2.24, 2.45) is 0 Å². The van der Waals surface area contributed by atoms with Crippen LogP contribution in [0.5, 0.6) is 11.5 Å². The highest BCUT2D eigenvalue weighted by atomic mass is 16.5. The smallest absolute Gasteiger partial charge is 0.161 e. The van der Waals surface area contributed by atoms with Crippen molar-refractivity contribution in [1.82, 2.24) is 4.90 Å². The molecule has 0 radical (unpaired) electrons. The topological polar surface area (TPSA) is 21.7 Å². The molecule has 88 valence electrons. The molecule has 1 aliphatic rings.